The third-order valence-corrected chi connectivity index (χ3v) is 2.93. The molecule has 0 aliphatic rings. The lowest BCUT2D eigenvalue weighted by Crippen LogP contribution is -2.09. The summed E-state index contributed by atoms with van der Waals surface area (Å²) in [6.07, 6.45) is 0.693. The number of rotatable bonds is 5. The first-order valence-electron chi connectivity index (χ1n) is 6.35. The molecule has 0 saturated carbocycles. The van der Waals surface area contributed by atoms with Gasteiger partial charge in [-0.05, 0) is 23.8 Å². The maximum atomic E-state index is 11.9. The fraction of sp³-hybridized carbons (Fsp3) is 0.188. The number of nitrogen functional groups attached to an aromatic ring is 1. The Labute approximate surface area is 118 Å². The van der Waals surface area contributed by atoms with Gasteiger partial charge in [0.2, 0.25) is 0 Å². The zero-order valence-corrected chi connectivity index (χ0v) is 11.3. The second-order valence-corrected chi connectivity index (χ2v) is 4.33. The van der Waals surface area contributed by atoms with Crippen molar-refractivity contribution in [2.45, 2.75) is 6.42 Å². The zero-order chi connectivity index (χ0) is 14.4. The molecular formula is C16H17NO3. The number of carbonyl (C=O) groups excluding carboxylic acids is 1. The van der Waals surface area contributed by atoms with E-state index in [1.165, 1.54) is 7.11 Å². The zero-order valence-electron chi connectivity index (χ0n) is 11.3. The molecule has 0 heterocycles. The first-order valence-corrected chi connectivity index (χ1v) is 6.35. The summed E-state index contributed by atoms with van der Waals surface area (Å²) in [4.78, 5) is 11.9. The van der Waals surface area contributed by atoms with Gasteiger partial charge in [0.15, 0.2) is 0 Å². The van der Waals surface area contributed by atoms with E-state index < -0.39 is 0 Å². The van der Waals surface area contributed by atoms with Crippen LogP contribution in [0.3, 0.4) is 0 Å². The van der Waals surface area contributed by atoms with Crippen LogP contribution in [0.5, 0.6) is 5.75 Å². The van der Waals surface area contributed by atoms with Crippen molar-refractivity contribution in [1.29, 1.82) is 0 Å². The fourth-order valence-electron chi connectivity index (χ4n) is 1.85. The van der Waals surface area contributed by atoms with Crippen molar-refractivity contribution in [2.24, 2.45) is 0 Å². The van der Waals surface area contributed by atoms with Crippen molar-refractivity contribution in [3.63, 3.8) is 0 Å². The Morgan fingerprint density at radius 1 is 1.15 bits per heavy atom. The Kier molecular flexibility index (Phi) is 4.60. The van der Waals surface area contributed by atoms with E-state index in [1.54, 1.807) is 18.2 Å². The predicted molar refractivity (Wildman–Crippen MR) is 77.8 cm³/mol. The maximum Gasteiger partial charge on any atom is 0.338 e. The molecular weight excluding hydrogens is 254 g/mol. The number of carbonyl (C=O) groups is 1. The van der Waals surface area contributed by atoms with Gasteiger partial charge in [-0.25, -0.2) is 4.79 Å². The van der Waals surface area contributed by atoms with Gasteiger partial charge in [-0.15, -0.1) is 0 Å². The second kappa shape index (κ2) is 6.61. The summed E-state index contributed by atoms with van der Waals surface area (Å²) in [5, 5.41) is 0. The second-order valence-electron chi connectivity index (χ2n) is 4.33. The van der Waals surface area contributed by atoms with Gasteiger partial charge in [-0.1, -0.05) is 30.3 Å². The lowest BCUT2D eigenvalue weighted by atomic mass is 10.1. The van der Waals surface area contributed by atoms with E-state index in [2.05, 4.69) is 0 Å². The first kappa shape index (κ1) is 13.9. The van der Waals surface area contributed by atoms with Gasteiger partial charge in [0.25, 0.3) is 0 Å². The molecule has 2 rings (SSSR count). The number of hydrogen-bond acceptors (Lipinski definition) is 4. The molecule has 0 fully saturated rings. The molecule has 0 saturated heterocycles. The summed E-state index contributed by atoms with van der Waals surface area (Å²) in [6, 6.07) is 14.7. The lowest BCUT2D eigenvalue weighted by Gasteiger charge is -2.08. The Bertz CT molecular complexity index is 582. The van der Waals surface area contributed by atoms with Crippen LogP contribution < -0.4 is 10.5 Å². The molecule has 0 aromatic heterocycles. The van der Waals surface area contributed by atoms with E-state index in [9.17, 15) is 4.79 Å². The van der Waals surface area contributed by atoms with E-state index >= 15 is 0 Å². The van der Waals surface area contributed by atoms with Crippen LogP contribution in [-0.4, -0.2) is 19.7 Å². The highest BCUT2D eigenvalue weighted by Gasteiger charge is 2.09. The van der Waals surface area contributed by atoms with Crippen molar-refractivity contribution >= 4 is 11.7 Å². The van der Waals surface area contributed by atoms with Gasteiger partial charge in [0.05, 0.1) is 25.0 Å². The number of anilines is 1. The molecule has 0 radical (unpaired) electrons. The summed E-state index contributed by atoms with van der Waals surface area (Å²) < 4.78 is 10.3. The van der Waals surface area contributed by atoms with Crippen LogP contribution in [0.1, 0.15) is 15.9 Å². The Morgan fingerprint density at radius 2 is 1.90 bits per heavy atom. The first-order chi connectivity index (χ1) is 9.70. The number of methoxy groups -OCH3 is 1. The quantitative estimate of drug-likeness (QED) is 0.671. The van der Waals surface area contributed by atoms with E-state index in [0.29, 0.717) is 30.0 Å². The molecule has 0 atom stereocenters. The van der Waals surface area contributed by atoms with E-state index in [0.717, 1.165) is 5.56 Å². The monoisotopic (exact) mass is 271 g/mol. The Hall–Kier alpha value is -2.49. The largest absolute Gasteiger partial charge is 0.495 e. The highest BCUT2D eigenvalue weighted by Crippen LogP contribution is 2.22. The molecule has 2 N–H and O–H groups in total. The SMILES string of the molecule is COc1ccc(C(=O)OCCc2ccccc2)cc1N. The smallest absolute Gasteiger partial charge is 0.338 e. The van der Waals surface area contributed by atoms with E-state index in [-0.39, 0.29) is 5.97 Å². The van der Waals surface area contributed by atoms with E-state index in [4.69, 9.17) is 15.2 Å². The van der Waals surface area contributed by atoms with Crippen molar-refractivity contribution in [3.8, 4) is 5.75 Å². The molecule has 0 unspecified atom stereocenters. The van der Waals surface area contributed by atoms with Crippen LogP contribution in [0.4, 0.5) is 5.69 Å². The van der Waals surface area contributed by atoms with Gasteiger partial charge < -0.3 is 15.2 Å². The van der Waals surface area contributed by atoms with Gasteiger partial charge in [0, 0.05) is 6.42 Å². The molecule has 2 aromatic carbocycles. The van der Waals surface area contributed by atoms with Crippen LogP contribution in [0.25, 0.3) is 0 Å². The Balaban J connectivity index is 1.90. The highest BCUT2D eigenvalue weighted by atomic mass is 16.5. The Morgan fingerprint density at radius 3 is 2.55 bits per heavy atom. The van der Waals surface area contributed by atoms with Crippen LogP contribution >= 0.6 is 0 Å². The van der Waals surface area contributed by atoms with Gasteiger partial charge in [0.1, 0.15) is 5.75 Å². The molecule has 0 spiro atoms. The minimum Gasteiger partial charge on any atom is -0.495 e. The molecule has 0 amide bonds. The third kappa shape index (κ3) is 3.51. The standard InChI is InChI=1S/C16H17NO3/c1-19-15-8-7-13(11-14(15)17)16(18)20-10-9-12-5-3-2-4-6-12/h2-8,11H,9-10,17H2,1H3. The molecule has 0 aliphatic carbocycles. The maximum absolute atomic E-state index is 11.9. The normalized spacial score (nSPS) is 10.1. The molecule has 104 valence electrons. The minimum absolute atomic E-state index is 0.342. The van der Waals surface area contributed by atoms with Crippen LogP contribution in [0.15, 0.2) is 48.5 Å². The van der Waals surface area contributed by atoms with Gasteiger partial charge in [-0.2, -0.15) is 0 Å². The van der Waals surface area contributed by atoms with Crippen molar-refractivity contribution in [2.75, 3.05) is 19.5 Å². The minimum atomic E-state index is -0.379. The van der Waals surface area contributed by atoms with Crippen LogP contribution in [0, 0.1) is 0 Å². The summed E-state index contributed by atoms with van der Waals surface area (Å²) in [7, 11) is 1.53. The van der Waals surface area contributed by atoms with Gasteiger partial charge >= 0.3 is 5.97 Å². The average Bonchev–Trinajstić information content (AvgIpc) is 2.48. The van der Waals surface area contributed by atoms with Crippen molar-refractivity contribution in [1.82, 2.24) is 0 Å². The van der Waals surface area contributed by atoms with E-state index in [1.807, 2.05) is 30.3 Å². The summed E-state index contributed by atoms with van der Waals surface area (Å²) in [6.45, 7) is 0.342. The summed E-state index contributed by atoms with van der Waals surface area (Å²) >= 11 is 0. The molecule has 2 aromatic rings. The van der Waals surface area contributed by atoms with Crippen LogP contribution in [0.2, 0.25) is 0 Å². The molecule has 4 nitrogen and oxygen atoms in total. The average molecular weight is 271 g/mol. The molecule has 20 heavy (non-hydrogen) atoms. The van der Waals surface area contributed by atoms with Gasteiger partial charge in [-0.3, -0.25) is 0 Å². The number of benzene rings is 2. The fourth-order valence-corrected chi connectivity index (χ4v) is 1.85. The number of ether oxygens (including phenoxy) is 2. The summed E-state index contributed by atoms with van der Waals surface area (Å²) in [5.74, 6) is 0.168. The lowest BCUT2D eigenvalue weighted by molar-refractivity contribution is 0.0509. The van der Waals surface area contributed by atoms with Crippen LogP contribution in [-0.2, 0) is 11.2 Å². The van der Waals surface area contributed by atoms with Crippen molar-refractivity contribution < 1.29 is 14.3 Å². The molecule has 0 aliphatic heterocycles. The number of nitrogens with two attached hydrogens (primary N) is 1. The molecule has 0 bridgehead atoms. The topological polar surface area (TPSA) is 61.5 Å². The predicted octanol–water partition coefficient (Wildman–Crippen LogP) is 2.68. The summed E-state index contributed by atoms with van der Waals surface area (Å²) in [5.41, 5.74) is 7.74. The number of esters is 1. The molecule has 4 heteroatoms. The highest BCUT2D eigenvalue weighted by molar-refractivity contribution is 5.91. The number of hydrogen-bond donors (Lipinski definition) is 1. The van der Waals surface area contributed by atoms with Crippen molar-refractivity contribution in [3.05, 3.63) is 59.7 Å². The third-order valence-electron chi connectivity index (χ3n) is 2.93.